The highest BCUT2D eigenvalue weighted by Gasteiger charge is 2.20. The van der Waals surface area contributed by atoms with Gasteiger partial charge in [-0.15, -0.1) is 0 Å². The summed E-state index contributed by atoms with van der Waals surface area (Å²) in [5.41, 5.74) is 0.957. The number of hydrogen-bond donors (Lipinski definition) is 1. The van der Waals surface area contributed by atoms with Crippen LogP contribution in [0.4, 0.5) is 10.1 Å². The summed E-state index contributed by atoms with van der Waals surface area (Å²) in [7, 11) is -4.01. The highest BCUT2D eigenvalue weighted by molar-refractivity contribution is 7.93. The zero-order chi connectivity index (χ0) is 21.1. The number of pyridine rings is 2. The first-order chi connectivity index (χ1) is 14.4. The van der Waals surface area contributed by atoms with Crippen molar-refractivity contribution < 1.29 is 17.5 Å². The van der Waals surface area contributed by atoms with Gasteiger partial charge in [0.15, 0.2) is 0 Å². The molecule has 9 heteroatoms. The van der Waals surface area contributed by atoms with Gasteiger partial charge >= 0.3 is 0 Å². The molecule has 2 aromatic carbocycles. The molecule has 0 amide bonds. The lowest BCUT2D eigenvalue weighted by molar-refractivity contribution is 0.301. The zero-order valence-corrected chi connectivity index (χ0v) is 17.0. The number of ether oxygens (including phenoxy) is 1. The molecule has 0 fully saturated rings. The Labute approximate surface area is 177 Å². The standard InChI is InChI=1S/C21H15ClFN3O3S/c22-17-12-14(6-8-19(17)29-13-15-4-1-2-10-24-15)26-30(27,28)20-9-7-18(23)21-16(20)5-3-11-25-21/h1-12,26H,13H2. The Bertz CT molecular complexity index is 1320. The van der Waals surface area contributed by atoms with E-state index >= 15 is 0 Å². The third kappa shape index (κ3) is 4.19. The van der Waals surface area contributed by atoms with Crippen LogP contribution in [-0.4, -0.2) is 18.4 Å². The summed E-state index contributed by atoms with van der Waals surface area (Å²) < 4.78 is 47.8. The number of sulfonamides is 1. The molecule has 4 aromatic rings. The van der Waals surface area contributed by atoms with Gasteiger partial charge in [-0.1, -0.05) is 17.7 Å². The van der Waals surface area contributed by atoms with E-state index in [0.29, 0.717) is 5.75 Å². The molecule has 0 aliphatic heterocycles. The van der Waals surface area contributed by atoms with Crippen molar-refractivity contribution in [1.29, 1.82) is 0 Å². The quantitative estimate of drug-likeness (QED) is 0.463. The molecule has 0 unspecified atom stereocenters. The maximum absolute atomic E-state index is 14.0. The van der Waals surface area contributed by atoms with E-state index in [1.54, 1.807) is 24.4 Å². The summed E-state index contributed by atoms with van der Waals surface area (Å²) in [6.07, 6.45) is 3.06. The van der Waals surface area contributed by atoms with E-state index in [2.05, 4.69) is 14.7 Å². The number of aromatic nitrogens is 2. The van der Waals surface area contributed by atoms with Gasteiger partial charge in [0.25, 0.3) is 10.0 Å². The summed E-state index contributed by atoms with van der Waals surface area (Å²) in [5, 5.41) is 0.420. The first kappa shape index (κ1) is 20.1. The van der Waals surface area contributed by atoms with Crippen molar-refractivity contribution in [3.8, 4) is 5.75 Å². The molecule has 4 rings (SSSR count). The fourth-order valence-corrected chi connectivity index (χ4v) is 4.36. The average Bonchev–Trinajstić information content (AvgIpc) is 2.74. The van der Waals surface area contributed by atoms with Crippen LogP contribution in [0, 0.1) is 5.82 Å². The zero-order valence-electron chi connectivity index (χ0n) is 15.4. The predicted molar refractivity (Wildman–Crippen MR) is 113 cm³/mol. The summed E-state index contributed by atoms with van der Waals surface area (Å²) in [6, 6.07) is 15.3. The second-order valence-electron chi connectivity index (χ2n) is 6.31. The molecule has 1 N–H and O–H groups in total. The molecule has 0 saturated heterocycles. The Morgan fingerprint density at radius 2 is 1.83 bits per heavy atom. The van der Waals surface area contributed by atoms with Crippen LogP contribution < -0.4 is 9.46 Å². The smallest absolute Gasteiger partial charge is 0.262 e. The number of benzene rings is 2. The Morgan fingerprint density at radius 1 is 1.00 bits per heavy atom. The van der Waals surface area contributed by atoms with E-state index < -0.39 is 15.8 Å². The second-order valence-corrected chi connectivity index (χ2v) is 8.36. The lowest BCUT2D eigenvalue weighted by Gasteiger charge is -2.13. The Morgan fingerprint density at radius 3 is 2.60 bits per heavy atom. The van der Waals surface area contributed by atoms with Crippen molar-refractivity contribution >= 4 is 38.2 Å². The minimum atomic E-state index is -4.01. The minimum Gasteiger partial charge on any atom is -0.486 e. The number of nitrogens with zero attached hydrogens (tertiary/aromatic N) is 2. The van der Waals surface area contributed by atoms with E-state index in [1.165, 1.54) is 30.5 Å². The van der Waals surface area contributed by atoms with Gasteiger partial charge in [0.2, 0.25) is 0 Å². The second kappa shape index (κ2) is 8.25. The molecular weight excluding hydrogens is 429 g/mol. The van der Waals surface area contributed by atoms with Crippen LogP contribution in [0.5, 0.6) is 5.75 Å². The average molecular weight is 444 g/mol. The van der Waals surface area contributed by atoms with E-state index in [0.717, 1.165) is 11.8 Å². The number of halogens is 2. The van der Waals surface area contributed by atoms with Gasteiger partial charge in [0, 0.05) is 17.8 Å². The molecule has 0 spiro atoms. The van der Waals surface area contributed by atoms with E-state index in [4.69, 9.17) is 16.3 Å². The summed E-state index contributed by atoms with van der Waals surface area (Å²) >= 11 is 6.25. The maximum Gasteiger partial charge on any atom is 0.262 e. The van der Waals surface area contributed by atoms with E-state index in [9.17, 15) is 12.8 Å². The number of anilines is 1. The summed E-state index contributed by atoms with van der Waals surface area (Å²) in [5.74, 6) is -0.205. The lowest BCUT2D eigenvalue weighted by atomic mass is 10.2. The van der Waals surface area contributed by atoms with Crippen LogP contribution in [0.15, 0.2) is 78.0 Å². The van der Waals surface area contributed by atoms with Crippen molar-refractivity contribution in [3.05, 3.63) is 89.6 Å². The molecule has 0 radical (unpaired) electrons. The number of nitrogens with one attached hydrogen (secondary N) is 1. The largest absolute Gasteiger partial charge is 0.486 e. The van der Waals surface area contributed by atoms with Gasteiger partial charge < -0.3 is 4.74 Å². The molecule has 0 saturated carbocycles. The molecular formula is C21H15ClFN3O3S. The van der Waals surface area contributed by atoms with Crippen molar-refractivity contribution in [2.45, 2.75) is 11.5 Å². The van der Waals surface area contributed by atoms with Gasteiger partial charge in [0.1, 0.15) is 23.7 Å². The van der Waals surface area contributed by atoms with Crippen molar-refractivity contribution in [3.63, 3.8) is 0 Å². The van der Waals surface area contributed by atoms with Gasteiger partial charge in [-0.25, -0.2) is 12.8 Å². The van der Waals surface area contributed by atoms with Gasteiger partial charge in [-0.2, -0.15) is 0 Å². The normalized spacial score (nSPS) is 11.4. The summed E-state index contributed by atoms with van der Waals surface area (Å²) in [6.45, 7) is 0.222. The van der Waals surface area contributed by atoms with Crippen molar-refractivity contribution in [1.82, 2.24) is 9.97 Å². The maximum atomic E-state index is 14.0. The molecule has 0 atom stereocenters. The molecule has 2 heterocycles. The minimum absolute atomic E-state index is 0.0170. The first-order valence-corrected chi connectivity index (χ1v) is 10.7. The molecule has 0 bridgehead atoms. The van der Waals surface area contributed by atoms with Crippen LogP contribution in [-0.2, 0) is 16.6 Å². The van der Waals surface area contributed by atoms with Crippen molar-refractivity contribution in [2.75, 3.05) is 4.72 Å². The van der Waals surface area contributed by atoms with Crippen LogP contribution in [0.3, 0.4) is 0 Å². The molecule has 0 aliphatic rings. The van der Waals surface area contributed by atoms with Crippen LogP contribution >= 0.6 is 11.6 Å². The topological polar surface area (TPSA) is 81.2 Å². The number of hydrogen-bond acceptors (Lipinski definition) is 5. The molecule has 152 valence electrons. The number of rotatable bonds is 6. The van der Waals surface area contributed by atoms with Gasteiger partial charge in [-0.05, 0) is 54.6 Å². The Kier molecular flexibility index (Phi) is 5.52. The highest BCUT2D eigenvalue weighted by Crippen LogP contribution is 2.31. The molecule has 2 aromatic heterocycles. The molecule has 30 heavy (non-hydrogen) atoms. The fraction of sp³-hybridized carbons (Fsp3) is 0.0476. The van der Waals surface area contributed by atoms with Crippen LogP contribution in [0.1, 0.15) is 5.69 Å². The predicted octanol–water partition coefficient (Wildman–Crippen LogP) is 4.80. The molecule has 0 aliphatic carbocycles. The Hall–Kier alpha value is -3.23. The lowest BCUT2D eigenvalue weighted by Crippen LogP contribution is -2.14. The monoisotopic (exact) mass is 443 g/mol. The van der Waals surface area contributed by atoms with E-state index in [1.807, 2.05) is 12.1 Å². The Balaban J connectivity index is 1.57. The third-order valence-electron chi connectivity index (χ3n) is 4.26. The van der Waals surface area contributed by atoms with Gasteiger partial charge in [0.05, 0.1) is 21.3 Å². The SMILES string of the molecule is O=S(=O)(Nc1ccc(OCc2ccccn2)c(Cl)c1)c1ccc(F)c2ncccc12. The van der Waals surface area contributed by atoms with Crippen LogP contribution in [0.25, 0.3) is 10.9 Å². The van der Waals surface area contributed by atoms with E-state index in [-0.39, 0.29) is 33.1 Å². The highest BCUT2D eigenvalue weighted by atomic mass is 35.5. The van der Waals surface area contributed by atoms with Gasteiger partial charge in [-0.3, -0.25) is 14.7 Å². The fourth-order valence-electron chi connectivity index (χ4n) is 2.87. The summed E-state index contributed by atoms with van der Waals surface area (Å²) in [4.78, 5) is 8.00. The third-order valence-corrected chi connectivity index (χ3v) is 5.99. The number of fused-ring (bicyclic) bond motifs is 1. The molecule has 6 nitrogen and oxygen atoms in total. The first-order valence-electron chi connectivity index (χ1n) is 8.82. The van der Waals surface area contributed by atoms with Crippen molar-refractivity contribution in [2.24, 2.45) is 0 Å². The van der Waals surface area contributed by atoms with Crippen LogP contribution in [0.2, 0.25) is 5.02 Å².